The molecule has 0 atom stereocenters. The summed E-state index contributed by atoms with van der Waals surface area (Å²) in [5, 5.41) is 9.66. The molecule has 0 spiro atoms. The number of rotatable bonds is 2. The van der Waals surface area contributed by atoms with Gasteiger partial charge in [-0.15, -0.1) is 11.3 Å². The first-order valence-electron chi connectivity index (χ1n) is 4.36. The molecular weight excluding hydrogens is 184 g/mol. The minimum Gasteiger partial charge on any atom is -0.335 e. The van der Waals surface area contributed by atoms with Gasteiger partial charge in [-0.2, -0.15) is 0 Å². The van der Waals surface area contributed by atoms with Gasteiger partial charge >= 0.3 is 6.03 Å². The molecule has 4 heteroatoms. The summed E-state index contributed by atoms with van der Waals surface area (Å²) in [4.78, 5) is 11.3. The van der Waals surface area contributed by atoms with Crippen LogP contribution in [-0.2, 0) is 0 Å². The van der Waals surface area contributed by atoms with Gasteiger partial charge in [-0.05, 0) is 30.7 Å². The number of anilines is 1. The lowest BCUT2D eigenvalue weighted by atomic mass is 10.3. The number of thiophene rings is 1. The first kappa shape index (κ1) is 8.56. The first-order valence-corrected chi connectivity index (χ1v) is 5.30. The van der Waals surface area contributed by atoms with Gasteiger partial charge in [-0.1, -0.05) is 0 Å². The second kappa shape index (κ2) is 3.38. The maximum Gasteiger partial charge on any atom is 0.319 e. The van der Waals surface area contributed by atoms with E-state index in [1.165, 1.54) is 0 Å². The SMILES string of the molecule is Cc1cscc1NC(=O)NC1CC1. The van der Waals surface area contributed by atoms with E-state index < -0.39 is 0 Å². The van der Waals surface area contributed by atoms with Gasteiger partial charge in [-0.3, -0.25) is 0 Å². The van der Waals surface area contributed by atoms with Crippen LogP contribution in [0.15, 0.2) is 10.8 Å². The molecule has 70 valence electrons. The molecule has 1 aromatic heterocycles. The van der Waals surface area contributed by atoms with Gasteiger partial charge in [-0.25, -0.2) is 4.79 Å². The number of hydrogen-bond acceptors (Lipinski definition) is 2. The number of carbonyl (C=O) groups excluding carboxylic acids is 1. The largest absolute Gasteiger partial charge is 0.335 e. The lowest BCUT2D eigenvalue weighted by molar-refractivity contribution is 0.251. The van der Waals surface area contributed by atoms with Crippen LogP contribution in [0, 0.1) is 6.92 Å². The zero-order valence-electron chi connectivity index (χ0n) is 7.46. The fourth-order valence-corrected chi connectivity index (χ4v) is 1.84. The zero-order valence-corrected chi connectivity index (χ0v) is 8.28. The number of nitrogens with one attached hydrogen (secondary N) is 2. The minimum absolute atomic E-state index is 0.0796. The Balaban J connectivity index is 1.89. The number of urea groups is 1. The zero-order chi connectivity index (χ0) is 9.26. The fourth-order valence-electron chi connectivity index (χ4n) is 1.06. The number of carbonyl (C=O) groups is 1. The number of aryl methyl sites for hydroxylation is 1. The highest BCUT2D eigenvalue weighted by Gasteiger charge is 2.23. The van der Waals surface area contributed by atoms with E-state index in [0.717, 1.165) is 24.1 Å². The van der Waals surface area contributed by atoms with Crippen LogP contribution >= 0.6 is 11.3 Å². The summed E-state index contributed by atoms with van der Waals surface area (Å²) in [7, 11) is 0. The molecule has 0 radical (unpaired) electrons. The minimum atomic E-state index is -0.0796. The lowest BCUT2D eigenvalue weighted by Crippen LogP contribution is -2.30. The van der Waals surface area contributed by atoms with Crippen molar-refractivity contribution in [2.45, 2.75) is 25.8 Å². The number of amides is 2. The van der Waals surface area contributed by atoms with E-state index in [0.29, 0.717) is 6.04 Å². The average Bonchev–Trinajstić information content (AvgIpc) is 2.79. The summed E-state index contributed by atoms with van der Waals surface area (Å²) in [5.41, 5.74) is 2.04. The molecule has 2 N–H and O–H groups in total. The van der Waals surface area contributed by atoms with E-state index in [-0.39, 0.29) is 6.03 Å². The van der Waals surface area contributed by atoms with Crippen molar-refractivity contribution < 1.29 is 4.79 Å². The molecule has 1 fully saturated rings. The molecule has 0 aromatic carbocycles. The van der Waals surface area contributed by atoms with Gasteiger partial charge in [0.25, 0.3) is 0 Å². The number of hydrogen-bond donors (Lipinski definition) is 2. The van der Waals surface area contributed by atoms with Gasteiger partial charge in [0, 0.05) is 11.4 Å². The quantitative estimate of drug-likeness (QED) is 0.749. The fraction of sp³-hybridized carbons (Fsp3) is 0.444. The average molecular weight is 196 g/mol. The summed E-state index contributed by atoms with van der Waals surface area (Å²) in [6.07, 6.45) is 2.24. The van der Waals surface area contributed by atoms with Crippen molar-refractivity contribution >= 4 is 23.1 Å². The Morgan fingerprint density at radius 2 is 2.31 bits per heavy atom. The highest BCUT2D eigenvalue weighted by Crippen LogP contribution is 2.21. The predicted octanol–water partition coefficient (Wildman–Crippen LogP) is 2.34. The van der Waals surface area contributed by atoms with Crippen molar-refractivity contribution in [2.75, 3.05) is 5.32 Å². The van der Waals surface area contributed by atoms with Crippen LogP contribution in [0.5, 0.6) is 0 Å². The molecule has 0 aliphatic heterocycles. The van der Waals surface area contributed by atoms with E-state index in [1.54, 1.807) is 11.3 Å². The van der Waals surface area contributed by atoms with Crippen molar-refractivity contribution in [1.29, 1.82) is 0 Å². The predicted molar refractivity (Wildman–Crippen MR) is 54.2 cm³/mol. The van der Waals surface area contributed by atoms with E-state index >= 15 is 0 Å². The van der Waals surface area contributed by atoms with Crippen LogP contribution in [0.4, 0.5) is 10.5 Å². The van der Waals surface area contributed by atoms with E-state index in [1.807, 2.05) is 17.7 Å². The summed E-state index contributed by atoms with van der Waals surface area (Å²) < 4.78 is 0. The summed E-state index contributed by atoms with van der Waals surface area (Å²) >= 11 is 1.60. The molecule has 1 saturated carbocycles. The first-order chi connectivity index (χ1) is 6.25. The van der Waals surface area contributed by atoms with Crippen LogP contribution in [-0.4, -0.2) is 12.1 Å². The highest BCUT2D eigenvalue weighted by molar-refractivity contribution is 7.08. The monoisotopic (exact) mass is 196 g/mol. The molecule has 1 aliphatic rings. The molecule has 1 aromatic rings. The van der Waals surface area contributed by atoms with Crippen LogP contribution in [0.1, 0.15) is 18.4 Å². The molecule has 0 saturated heterocycles. The third-order valence-corrected chi connectivity index (χ3v) is 2.88. The molecule has 2 amide bonds. The summed E-state index contributed by atoms with van der Waals surface area (Å²) in [6, 6.07) is 0.336. The van der Waals surface area contributed by atoms with Gasteiger partial charge in [0.1, 0.15) is 0 Å². The normalized spacial score (nSPS) is 15.5. The van der Waals surface area contributed by atoms with Gasteiger partial charge in [0.2, 0.25) is 0 Å². The van der Waals surface area contributed by atoms with Gasteiger partial charge in [0.15, 0.2) is 0 Å². The Kier molecular flexibility index (Phi) is 2.22. The van der Waals surface area contributed by atoms with E-state index in [2.05, 4.69) is 10.6 Å². The maximum absolute atomic E-state index is 11.3. The Morgan fingerprint density at radius 1 is 1.54 bits per heavy atom. The Bertz CT molecular complexity index is 317. The molecule has 3 nitrogen and oxygen atoms in total. The second-order valence-electron chi connectivity index (χ2n) is 3.34. The smallest absolute Gasteiger partial charge is 0.319 e. The topological polar surface area (TPSA) is 41.1 Å². The Hall–Kier alpha value is -1.03. The molecule has 13 heavy (non-hydrogen) atoms. The van der Waals surface area contributed by atoms with Crippen LogP contribution < -0.4 is 10.6 Å². The molecule has 2 rings (SSSR count). The van der Waals surface area contributed by atoms with Crippen molar-refractivity contribution in [1.82, 2.24) is 5.32 Å². The van der Waals surface area contributed by atoms with Gasteiger partial charge < -0.3 is 10.6 Å². The summed E-state index contributed by atoms with van der Waals surface area (Å²) in [5.74, 6) is 0. The van der Waals surface area contributed by atoms with E-state index in [9.17, 15) is 4.79 Å². The van der Waals surface area contributed by atoms with E-state index in [4.69, 9.17) is 0 Å². The third-order valence-electron chi connectivity index (χ3n) is 2.02. The Morgan fingerprint density at radius 3 is 2.85 bits per heavy atom. The van der Waals surface area contributed by atoms with Crippen LogP contribution in [0.3, 0.4) is 0 Å². The van der Waals surface area contributed by atoms with Crippen molar-refractivity contribution in [3.63, 3.8) is 0 Å². The molecule has 0 unspecified atom stereocenters. The van der Waals surface area contributed by atoms with Crippen molar-refractivity contribution in [2.24, 2.45) is 0 Å². The van der Waals surface area contributed by atoms with Crippen molar-refractivity contribution in [3.8, 4) is 0 Å². The molecule has 0 bridgehead atoms. The maximum atomic E-state index is 11.3. The highest BCUT2D eigenvalue weighted by atomic mass is 32.1. The molecule has 1 heterocycles. The molecular formula is C9H12N2OS. The second-order valence-corrected chi connectivity index (χ2v) is 4.08. The Labute approximate surface area is 81.2 Å². The molecule has 1 aliphatic carbocycles. The van der Waals surface area contributed by atoms with Crippen molar-refractivity contribution in [3.05, 3.63) is 16.3 Å². The third kappa shape index (κ3) is 2.21. The van der Waals surface area contributed by atoms with Gasteiger partial charge in [0.05, 0.1) is 5.69 Å². The van der Waals surface area contributed by atoms with Crippen LogP contribution in [0.2, 0.25) is 0 Å². The summed E-state index contributed by atoms with van der Waals surface area (Å²) in [6.45, 7) is 1.99. The standard InChI is InChI=1S/C9H12N2OS/c1-6-4-13-5-8(6)11-9(12)10-7-2-3-7/h4-5,7H,2-3H2,1H3,(H2,10,11,12). The van der Waals surface area contributed by atoms with Crippen LogP contribution in [0.25, 0.3) is 0 Å². The lowest BCUT2D eigenvalue weighted by Gasteiger charge is -2.04.